The van der Waals surface area contributed by atoms with Crippen molar-refractivity contribution < 1.29 is 22.7 Å². The van der Waals surface area contributed by atoms with Gasteiger partial charge in [-0.25, -0.2) is 8.42 Å². The molecule has 15 heavy (non-hydrogen) atoms. The van der Waals surface area contributed by atoms with Gasteiger partial charge in [0, 0.05) is 13.2 Å². The van der Waals surface area contributed by atoms with Crippen molar-refractivity contribution in [1.82, 2.24) is 5.32 Å². The lowest BCUT2D eigenvalue weighted by molar-refractivity contribution is -0.154. The molecule has 0 aliphatic carbocycles. The van der Waals surface area contributed by atoms with Gasteiger partial charge in [0.15, 0.2) is 9.84 Å². The van der Waals surface area contributed by atoms with E-state index in [0.717, 1.165) is 6.26 Å². The quantitative estimate of drug-likeness (QED) is 0.503. The number of hydrogen-bond donors (Lipinski definition) is 1. The number of rotatable bonds is 3. The van der Waals surface area contributed by atoms with Gasteiger partial charge in [-0.3, -0.25) is 9.59 Å². The van der Waals surface area contributed by atoms with Crippen molar-refractivity contribution in [3.05, 3.63) is 0 Å². The summed E-state index contributed by atoms with van der Waals surface area (Å²) in [6.45, 7) is 2.71. The van der Waals surface area contributed by atoms with E-state index in [1.165, 1.54) is 13.8 Å². The zero-order chi connectivity index (χ0) is 11.8. The number of carbonyl (C=O) groups excluding carboxylic acids is 2. The summed E-state index contributed by atoms with van der Waals surface area (Å²) in [4.78, 5) is 21.8. The summed E-state index contributed by atoms with van der Waals surface area (Å²) < 4.78 is 27.2. The highest BCUT2D eigenvalue weighted by Crippen LogP contribution is 2.25. The van der Waals surface area contributed by atoms with Crippen molar-refractivity contribution in [2.45, 2.75) is 25.3 Å². The van der Waals surface area contributed by atoms with E-state index in [9.17, 15) is 18.0 Å². The first-order chi connectivity index (χ1) is 6.73. The first kappa shape index (κ1) is 12.0. The molecule has 86 valence electrons. The zero-order valence-corrected chi connectivity index (χ0v) is 9.50. The van der Waals surface area contributed by atoms with Crippen molar-refractivity contribution >= 4 is 21.7 Å². The molecule has 1 fully saturated rings. The minimum atomic E-state index is -3.35. The fraction of sp³-hybridized carbons (Fsp3) is 0.750. The predicted molar refractivity (Wildman–Crippen MR) is 51.5 cm³/mol. The Hall–Kier alpha value is -1.11. The second-order valence-corrected chi connectivity index (χ2v) is 5.77. The van der Waals surface area contributed by atoms with Gasteiger partial charge in [-0.15, -0.1) is 0 Å². The molecule has 1 heterocycles. The summed E-state index contributed by atoms with van der Waals surface area (Å²) in [5.41, 5.74) is 0. The van der Waals surface area contributed by atoms with E-state index in [2.05, 4.69) is 5.32 Å². The van der Waals surface area contributed by atoms with Crippen LogP contribution in [-0.4, -0.2) is 38.0 Å². The molecule has 0 aromatic heterocycles. The second kappa shape index (κ2) is 3.80. The van der Waals surface area contributed by atoms with Crippen molar-refractivity contribution in [3.63, 3.8) is 0 Å². The van der Waals surface area contributed by atoms with Crippen molar-refractivity contribution in [1.29, 1.82) is 0 Å². The highest BCUT2D eigenvalue weighted by Gasteiger charge is 2.49. The molecule has 0 saturated carbocycles. The van der Waals surface area contributed by atoms with Crippen molar-refractivity contribution in [2.24, 2.45) is 5.92 Å². The highest BCUT2D eigenvalue weighted by atomic mass is 32.2. The molecule has 3 unspecified atom stereocenters. The van der Waals surface area contributed by atoms with E-state index in [4.69, 9.17) is 4.74 Å². The summed E-state index contributed by atoms with van der Waals surface area (Å²) in [6.07, 6.45) is 0.306. The van der Waals surface area contributed by atoms with Crippen LogP contribution < -0.4 is 5.32 Å². The van der Waals surface area contributed by atoms with Gasteiger partial charge in [-0.05, 0) is 6.92 Å². The van der Waals surface area contributed by atoms with E-state index in [1.807, 2.05) is 0 Å². The molecule has 0 aromatic carbocycles. The van der Waals surface area contributed by atoms with Gasteiger partial charge in [0.2, 0.25) is 5.91 Å². The Morgan fingerprint density at radius 3 is 2.40 bits per heavy atom. The van der Waals surface area contributed by atoms with Crippen molar-refractivity contribution in [3.8, 4) is 0 Å². The van der Waals surface area contributed by atoms with E-state index in [0.29, 0.717) is 0 Å². The number of β-lactam (4-membered cyclic amide) rings is 1. The van der Waals surface area contributed by atoms with E-state index >= 15 is 0 Å². The standard InChI is InChI=1S/C8H13NO5S/c1-4(14-5(2)10)6-7(11)9-8(6)15(3,12)13/h4,6,8H,1-3H3,(H,9,11). The van der Waals surface area contributed by atoms with Crippen LogP contribution >= 0.6 is 0 Å². The molecule has 3 atom stereocenters. The Kier molecular flexibility index (Phi) is 3.03. The summed E-state index contributed by atoms with van der Waals surface area (Å²) in [5, 5.41) is 1.32. The molecule has 0 aromatic rings. The third-order valence-electron chi connectivity index (χ3n) is 2.23. The molecule has 0 bridgehead atoms. The Balaban J connectivity index is 2.75. The Labute approximate surface area is 87.9 Å². The summed E-state index contributed by atoms with van der Waals surface area (Å²) >= 11 is 0. The number of nitrogens with one attached hydrogen (secondary N) is 1. The van der Waals surface area contributed by atoms with Gasteiger partial charge < -0.3 is 10.1 Å². The molecule has 1 N–H and O–H groups in total. The minimum absolute atomic E-state index is 0.404. The summed E-state index contributed by atoms with van der Waals surface area (Å²) in [5.74, 6) is -1.74. The smallest absolute Gasteiger partial charge is 0.302 e. The lowest BCUT2D eigenvalue weighted by Crippen LogP contribution is -2.65. The van der Waals surface area contributed by atoms with E-state index < -0.39 is 39.1 Å². The summed E-state index contributed by atoms with van der Waals surface area (Å²) in [7, 11) is -3.35. The third-order valence-corrected chi connectivity index (χ3v) is 3.57. The van der Waals surface area contributed by atoms with Gasteiger partial charge in [-0.1, -0.05) is 0 Å². The van der Waals surface area contributed by atoms with Crippen LogP contribution in [0.5, 0.6) is 0 Å². The van der Waals surface area contributed by atoms with Gasteiger partial charge in [0.1, 0.15) is 17.4 Å². The molecule has 0 spiro atoms. The number of hydrogen-bond acceptors (Lipinski definition) is 5. The SMILES string of the molecule is CC(=O)OC(C)C1C(=O)NC1S(C)(=O)=O. The summed E-state index contributed by atoms with van der Waals surface area (Å²) in [6, 6.07) is 0. The molecule has 1 aliphatic heterocycles. The molecule has 1 aliphatic rings. The molecule has 1 rings (SSSR count). The first-order valence-electron chi connectivity index (χ1n) is 4.40. The van der Waals surface area contributed by atoms with E-state index in [-0.39, 0.29) is 0 Å². The maximum atomic E-state index is 11.2. The molecule has 7 heteroatoms. The molecule has 0 radical (unpaired) electrons. The maximum absolute atomic E-state index is 11.2. The second-order valence-electron chi connectivity index (χ2n) is 3.60. The topological polar surface area (TPSA) is 89.5 Å². The average Bonchev–Trinajstić information content (AvgIpc) is 1.95. The van der Waals surface area contributed by atoms with Crippen LogP contribution in [0, 0.1) is 5.92 Å². The lowest BCUT2D eigenvalue weighted by Gasteiger charge is -2.38. The molecular weight excluding hydrogens is 222 g/mol. The Morgan fingerprint density at radius 2 is 2.07 bits per heavy atom. The molecule has 6 nitrogen and oxygen atoms in total. The van der Waals surface area contributed by atoms with Crippen LogP contribution in [0.15, 0.2) is 0 Å². The normalized spacial score (nSPS) is 27.5. The van der Waals surface area contributed by atoms with Crippen molar-refractivity contribution in [2.75, 3.05) is 6.26 Å². The first-order valence-corrected chi connectivity index (χ1v) is 6.35. The number of carbonyl (C=O) groups is 2. The largest absolute Gasteiger partial charge is 0.462 e. The van der Waals surface area contributed by atoms with Gasteiger partial charge in [-0.2, -0.15) is 0 Å². The number of sulfone groups is 1. The van der Waals surface area contributed by atoms with Gasteiger partial charge >= 0.3 is 5.97 Å². The van der Waals surface area contributed by atoms with Crippen LogP contribution in [0.1, 0.15) is 13.8 Å². The molecular formula is C8H13NO5S. The third kappa shape index (κ3) is 2.47. The number of ether oxygens (including phenoxy) is 1. The highest BCUT2D eigenvalue weighted by molar-refractivity contribution is 7.91. The van der Waals surface area contributed by atoms with E-state index in [1.54, 1.807) is 0 Å². The van der Waals surface area contributed by atoms with Gasteiger partial charge in [0.05, 0.1) is 0 Å². The Morgan fingerprint density at radius 1 is 1.53 bits per heavy atom. The molecule has 1 saturated heterocycles. The van der Waals surface area contributed by atoms with Crippen LogP contribution in [0.2, 0.25) is 0 Å². The van der Waals surface area contributed by atoms with Crippen LogP contribution in [-0.2, 0) is 24.2 Å². The fourth-order valence-corrected chi connectivity index (χ4v) is 2.74. The predicted octanol–water partition coefficient (Wildman–Crippen LogP) is -0.945. The fourth-order valence-electron chi connectivity index (χ4n) is 1.54. The number of esters is 1. The molecule has 1 amide bonds. The average molecular weight is 235 g/mol. The minimum Gasteiger partial charge on any atom is -0.462 e. The Bertz CT molecular complexity index is 388. The lowest BCUT2D eigenvalue weighted by atomic mass is 9.96. The van der Waals surface area contributed by atoms with Crippen LogP contribution in [0.4, 0.5) is 0 Å². The van der Waals surface area contributed by atoms with Crippen LogP contribution in [0.25, 0.3) is 0 Å². The number of amides is 1. The maximum Gasteiger partial charge on any atom is 0.302 e. The monoisotopic (exact) mass is 235 g/mol. The zero-order valence-electron chi connectivity index (χ0n) is 8.68. The van der Waals surface area contributed by atoms with Crippen LogP contribution in [0.3, 0.4) is 0 Å². The van der Waals surface area contributed by atoms with Gasteiger partial charge in [0.25, 0.3) is 0 Å².